The Kier molecular flexibility index (Phi) is 4.70. The number of ether oxygens (including phenoxy) is 2. The summed E-state index contributed by atoms with van der Waals surface area (Å²) >= 11 is 0. The number of esters is 1. The molecule has 0 amide bonds. The maximum absolute atomic E-state index is 14.1. The molecular weight excluding hydrogens is 297 g/mol. The minimum absolute atomic E-state index is 0.0152. The van der Waals surface area contributed by atoms with Crippen LogP contribution in [0.3, 0.4) is 0 Å². The number of hydrogen-bond acceptors (Lipinski definition) is 3. The molecule has 0 aliphatic rings. The summed E-state index contributed by atoms with van der Waals surface area (Å²) in [6.07, 6.45) is -0.148. The minimum atomic E-state index is -0.838. The van der Waals surface area contributed by atoms with Gasteiger partial charge in [0.2, 0.25) is 0 Å². The number of carbonyl (C=O) groups excluding carboxylic acids is 1. The van der Waals surface area contributed by atoms with Gasteiger partial charge < -0.3 is 9.47 Å². The van der Waals surface area contributed by atoms with Crippen molar-refractivity contribution in [2.45, 2.75) is 6.42 Å². The van der Waals surface area contributed by atoms with Crippen molar-refractivity contribution in [3.63, 3.8) is 0 Å². The molecule has 2 rings (SSSR count). The van der Waals surface area contributed by atoms with Crippen molar-refractivity contribution in [3.8, 4) is 16.9 Å². The highest BCUT2D eigenvalue weighted by Gasteiger charge is 2.19. The number of carbonyl (C=O) groups is 1. The Balaban J connectivity index is 2.63. The summed E-state index contributed by atoms with van der Waals surface area (Å²) in [7, 11) is 2.51. The Labute approximate surface area is 125 Å². The van der Waals surface area contributed by atoms with E-state index in [1.54, 1.807) is 0 Å². The van der Waals surface area contributed by atoms with E-state index < -0.39 is 23.4 Å². The predicted molar refractivity (Wildman–Crippen MR) is 74.0 cm³/mol. The van der Waals surface area contributed by atoms with Crippen molar-refractivity contribution in [3.05, 3.63) is 53.3 Å². The SMILES string of the molecule is COC(=O)Cc1ccc(F)c(-c2cc(F)cc(F)c2)c1OC. The van der Waals surface area contributed by atoms with Crippen LogP contribution in [0.5, 0.6) is 5.75 Å². The summed E-state index contributed by atoms with van der Waals surface area (Å²) in [5.41, 5.74) is 0.233. The van der Waals surface area contributed by atoms with E-state index in [-0.39, 0.29) is 23.3 Å². The second-order valence-corrected chi connectivity index (χ2v) is 4.53. The standard InChI is InChI=1S/C16H13F3O3/c1-21-14(20)7-9-3-4-13(19)15(16(9)22-2)10-5-11(17)8-12(18)6-10/h3-6,8H,7H2,1-2H3. The third-order valence-electron chi connectivity index (χ3n) is 3.11. The van der Waals surface area contributed by atoms with Crippen molar-refractivity contribution in [2.75, 3.05) is 14.2 Å². The lowest BCUT2D eigenvalue weighted by molar-refractivity contribution is -0.139. The normalized spacial score (nSPS) is 10.4. The molecule has 116 valence electrons. The molecule has 0 N–H and O–H groups in total. The zero-order valence-electron chi connectivity index (χ0n) is 12.0. The van der Waals surface area contributed by atoms with Crippen LogP contribution in [-0.4, -0.2) is 20.2 Å². The van der Waals surface area contributed by atoms with Gasteiger partial charge in [0.05, 0.1) is 26.2 Å². The lowest BCUT2D eigenvalue weighted by atomic mass is 9.99. The molecule has 22 heavy (non-hydrogen) atoms. The van der Waals surface area contributed by atoms with Gasteiger partial charge in [-0.1, -0.05) is 6.07 Å². The molecule has 2 aromatic rings. The van der Waals surface area contributed by atoms with E-state index in [0.717, 1.165) is 18.2 Å². The van der Waals surface area contributed by atoms with E-state index in [1.165, 1.54) is 20.3 Å². The van der Waals surface area contributed by atoms with Crippen molar-refractivity contribution < 1.29 is 27.4 Å². The van der Waals surface area contributed by atoms with Crippen LogP contribution >= 0.6 is 0 Å². The van der Waals surface area contributed by atoms with Crippen LogP contribution in [0.2, 0.25) is 0 Å². The molecule has 0 heterocycles. The quantitative estimate of drug-likeness (QED) is 0.811. The Morgan fingerprint density at radius 1 is 1.05 bits per heavy atom. The molecule has 2 aromatic carbocycles. The van der Waals surface area contributed by atoms with Gasteiger partial charge in [-0.15, -0.1) is 0 Å². The summed E-state index contributed by atoms with van der Waals surface area (Å²) < 4.78 is 50.6. The van der Waals surface area contributed by atoms with Gasteiger partial charge in [-0.2, -0.15) is 0 Å². The smallest absolute Gasteiger partial charge is 0.310 e. The molecule has 0 aromatic heterocycles. The molecule has 0 aliphatic heterocycles. The van der Waals surface area contributed by atoms with E-state index in [4.69, 9.17) is 4.74 Å². The lowest BCUT2D eigenvalue weighted by Crippen LogP contribution is -2.07. The molecule has 0 saturated carbocycles. The molecule has 3 nitrogen and oxygen atoms in total. The first-order chi connectivity index (χ1) is 10.5. The minimum Gasteiger partial charge on any atom is -0.496 e. The molecule has 0 atom stereocenters. The fraction of sp³-hybridized carbons (Fsp3) is 0.188. The molecule has 0 unspecified atom stereocenters. The first-order valence-corrected chi connectivity index (χ1v) is 6.35. The third kappa shape index (κ3) is 3.21. The van der Waals surface area contributed by atoms with Crippen molar-refractivity contribution >= 4 is 5.97 Å². The monoisotopic (exact) mass is 310 g/mol. The number of halogens is 3. The fourth-order valence-electron chi connectivity index (χ4n) is 2.17. The number of hydrogen-bond donors (Lipinski definition) is 0. The summed E-state index contributed by atoms with van der Waals surface area (Å²) in [4.78, 5) is 11.4. The highest BCUT2D eigenvalue weighted by Crippen LogP contribution is 2.36. The molecule has 0 saturated heterocycles. The van der Waals surface area contributed by atoms with Gasteiger partial charge >= 0.3 is 5.97 Å². The van der Waals surface area contributed by atoms with Crippen LogP contribution in [0.1, 0.15) is 5.56 Å². The number of methoxy groups -OCH3 is 2. The summed E-state index contributed by atoms with van der Waals surface area (Å²) in [5, 5.41) is 0. The average Bonchev–Trinajstić information content (AvgIpc) is 2.47. The highest BCUT2D eigenvalue weighted by atomic mass is 19.1. The van der Waals surface area contributed by atoms with Crippen LogP contribution < -0.4 is 4.74 Å². The van der Waals surface area contributed by atoms with Crippen molar-refractivity contribution in [1.82, 2.24) is 0 Å². The topological polar surface area (TPSA) is 35.5 Å². The Morgan fingerprint density at radius 3 is 2.23 bits per heavy atom. The average molecular weight is 310 g/mol. The van der Waals surface area contributed by atoms with E-state index in [0.29, 0.717) is 11.6 Å². The van der Waals surface area contributed by atoms with Crippen LogP contribution in [-0.2, 0) is 16.0 Å². The van der Waals surface area contributed by atoms with Gasteiger partial charge in [-0.05, 0) is 23.8 Å². The summed E-state index contributed by atoms with van der Waals surface area (Å²) in [6, 6.07) is 5.15. The Morgan fingerprint density at radius 2 is 1.68 bits per heavy atom. The van der Waals surface area contributed by atoms with Crippen LogP contribution in [0.25, 0.3) is 11.1 Å². The molecule has 0 radical (unpaired) electrons. The first kappa shape index (κ1) is 15.9. The molecule has 0 fully saturated rings. The number of benzene rings is 2. The number of rotatable bonds is 4. The van der Waals surface area contributed by atoms with Gasteiger partial charge in [0.15, 0.2) is 0 Å². The molecule has 0 spiro atoms. The lowest BCUT2D eigenvalue weighted by Gasteiger charge is -2.14. The maximum atomic E-state index is 14.1. The van der Waals surface area contributed by atoms with Gasteiger partial charge in [0.25, 0.3) is 0 Å². The second kappa shape index (κ2) is 6.51. The largest absolute Gasteiger partial charge is 0.496 e. The predicted octanol–water partition coefficient (Wildman–Crippen LogP) is 3.50. The third-order valence-corrected chi connectivity index (χ3v) is 3.11. The van der Waals surface area contributed by atoms with Gasteiger partial charge in [0.1, 0.15) is 23.2 Å². The second-order valence-electron chi connectivity index (χ2n) is 4.53. The van der Waals surface area contributed by atoms with Gasteiger partial charge in [0, 0.05) is 11.6 Å². The summed E-state index contributed by atoms with van der Waals surface area (Å²) in [6.45, 7) is 0. The summed E-state index contributed by atoms with van der Waals surface area (Å²) in [5.74, 6) is -2.89. The molecule has 0 bridgehead atoms. The van der Waals surface area contributed by atoms with E-state index >= 15 is 0 Å². The first-order valence-electron chi connectivity index (χ1n) is 6.35. The Bertz CT molecular complexity index is 694. The van der Waals surface area contributed by atoms with Crippen molar-refractivity contribution in [2.24, 2.45) is 0 Å². The zero-order valence-corrected chi connectivity index (χ0v) is 12.0. The van der Waals surface area contributed by atoms with Crippen molar-refractivity contribution in [1.29, 1.82) is 0 Å². The molecular formula is C16H13F3O3. The van der Waals surface area contributed by atoms with E-state index in [2.05, 4.69) is 4.74 Å². The molecule has 6 heteroatoms. The van der Waals surface area contributed by atoms with Crippen LogP contribution in [0.15, 0.2) is 30.3 Å². The highest BCUT2D eigenvalue weighted by molar-refractivity contribution is 5.78. The van der Waals surface area contributed by atoms with Crippen LogP contribution in [0.4, 0.5) is 13.2 Å². The maximum Gasteiger partial charge on any atom is 0.310 e. The van der Waals surface area contributed by atoms with Gasteiger partial charge in [-0.25, -0.2) is 13.2 Å². The zero-order chi connectivity index (χ0) is 16.3. The van der Waals surface area contributed by atoms with E-state index in [1.807, 2.05) is 0 Å². The van der Waals surface area contributed by atoms with Crippen LogP contribution in [0, 0.1) is 17.5 Å². The molecule has 0 aliphatic carbocycles. The van der Waals surface area contributed by atoms with Gasteiger partial charge in [-0.3, -0.25) is 4.79 Å². The van der Waals surface area contributed by atoms with E-state index in [9.17, 15) is 18.0 Å². The Hall–Kier alpha value is -2.50. The fourth-order valence-corrected chi connectivity index (χ4v) is 2.17.